The molecule has 5 rings (SSSR count). The van der Waals surface area contributed by atoms with Crippen LogP contribution in [0.4, 0.5) is 0 Å². The molecule has 0 aromatic carbocycles. The maximum absolute atomic E-state index is 12.0. The molecule has 0 aromatic heterocycles. The van der Waals surface area contributed by atoms with Crippen LogP contribution < -0.4 is 5.32 Å². The molecule has 1 amide bonds. The van der Waals surface area contributed by atoms with E-state index < -0.39 is 172 Å². The van der Waals surface area contributed by atoms with Crippen LogP contribution in [0.15, 0.2) is 0 Å². The molecule has 5 fully saturated rings. The van der Waals surface area contributed by atoms with Crippen molar-refractivity contribution < 1.29 is 119 Å². The molecular weight excluding hydrogens is 782 g/mol. The number of ether oxygens (including phenoxy) is 9. The molecule has 0 bridgehead atoms. The second-order valence-corrected chi connectivity index (χ2v) is 14.7. The van der Waals surface area contributed by atoms with Crippen molar-refractivity contribution in [1.29, 1.82) is 0 Å². The van der Waals surface area contributed by atoms with Gasteiger partial charge in [-0.1, -0.05) is 0 Å². The third-order valence-electron chi connectivity index (χ3n) is 10.6. The second-order valence-electron chi connectivity index (χ2n) is 14.7. The van der Waals surface area contributed by atoms with Crippen LogP contribution in [-0.4, -0.2) is 238 Å². The van der Waals surface area contributed by atoms with E-state index in [1.54, 1.807) is 0 Å². The second kappa shape index (κ2) is 18.8. The number of carboxylic acids is 1. The van der Waals surface area contributed by atoms with E-state index in [1.807, 2.05) is 0 Å². The van der Waals surface area contributed by atoms with Gasteiger partial charge in [-0.2, -0.15) is 0 Å². The topological polar surface area (TPSA) is 392 Å². The number of amides is 1. The number of carbonyl (C=O) groups excluding carboxylic acids is 1. The van der Waals surface area contributed by atoms with Gasteiger partial charge in [-0.3, -0.25) is 4.79 Å². The molecule has 0 spiro atoms. The Morgan fingerprint density at radius 3 is 1.51 bits per heavy atom. The average molecular weight is 836 g/mol. The van der Waals surface area contributed by atoms with Crippen LogP contribution in [0.2, 0.25) is 0 Å². The number of hydrogen-bond acceptors (Lipinski definition) is 23. The zero-order valence-corrected chi connectivity index (χ0v) is 30.9. The first-order valence-corrected chi connectivity index (χ1v) is 18.2. The Kier molecular flexibility index (Phi) is 15.2. The van der Waals surface area contributed by atoms with Crippen molar-refractivity contribution in [3.05, 3.63) is 0 Å². The van der Waals surface area contributed by atoms with E-state index in [2.05, 4.69) is 5.32 Å². The first kappa shape index (κ1) is 46.2. The molecule has 0 radical (unpaired) electrons. The average Bonchev–Trinajstić information content (AvgIpc) is 3.15. The molecule has 0 aromatic rings. The fourth-order valence-electron chi connectivity index (χ4n) is 7.24. The van der Waals surface area contributed by atoms with Crippen LogP contribution in [0.25, 0.3) is 0 Å². The van der Waals surface area contributed by atoms with E-state index in [9.17, 15) is 76.0 Å². The molecule has 5 saturated heterocycles. The molecule has 14 N–H and O–H groups in total. The summed E-state index contributed by atoms with van der Waals surface area (Å²) >= 11 is 0. The summed E-state index contributed by atoms with van der Waals surface area (Å²) in [6.45, 7) is 4.22. The number of carboxylic acid groups (broad SMARTS) is 1. The fraction of sp³-hybridized carbons (Fsp3) is 0.938. The lowest BCUT2D eigenvalue weighted by Gasteiger charge is -2.50. The summed E-state index contributed by atoms with van der Waals surface area (Å²) in [5.74, 6) is -2.54. The Morgan fingerprint density at radius 2 is 0.947 bits per heavy atom. The van der Waals surface area contributed by atoms with Crippen molar-refractivity contribution in [2.24, 2.45) is 0 Å². The molecule has 5 aliphatic rings. The van der Waals surface area contributed by atoms with Crippen LogP contribution in [0.5, 0.6) is 0 Å². The van der Waals surface area contributed by atoms with E-state index in [-0.39, 0.29) is 0 Å². The quantitative estimate of drug-likeness (QED) is 0.0919. The van der Waals surface area contributed by atoms with Gasteiger partial charge in [0.25, 0.3) is 0 Å². The van der Waals surface area contributed by atoms with Gasteiger partial charge >= 0.3 is 5.97 Å². The smallest absolute Gasteiger partial charge is 0.335 e. The van der Waals surface area contributed by atoms with Gasteiger partial charge in [-0.05, 0) is 20.8 Å². The number of rotatable bonds is 11. The Bertz CT molecular complexity index is 1350. The molecule has 330 valence electrons. The molecule has 0 unspecified atom stereocenters. The summed E-state index contributed by atoms with van der Waals surface area (Å²) in [4.78, 5) is 24.0. The Labute approximate surface area is 323 Å². The molecule has 57 heavy (non-hydrogen) atoms. The highest BCUT2D eigenvalue weighted by molar-refractivity contribution is 5.73. The molecule has 5 aliphatic heterocycles. The highest BCUT2D eigenvalue weighted by Gasteiger charge is 2.57. The van der Waals surface area contributed by atoms with Crippen LogP contribution in [0, 0.1) is 0 Å². The summed E-state index contributed by atoms with van der Waals surface area (Å²) in [5.41, 5.74) is 0. The molecule has 5 heterocycles. The summed E-state index contributed by atoms with van der Waals surface area (Å²) in [6.07, 6.45) is -42.7. The maximum Gasteiger partial charge on any atom is 0.335 e. The first-order chi connectivity index (χ1) is 26.7. The molecular formula is C32H53NO24. The lowest BCUT2D eigenvalue weighted by molar-refractivity contribution is -0.399. The summed E-state index contributed by atoms with van der Waals surface area (Å²) in [5, 5.41) is 140. The van der Waals surface area contributed by atoms with E-state index in [4.69, 9.17) is 42.6 Å². The predicted octanol–water partition coefficient (Wildman–Crippen LogP) is -8.61. The minimum absolute atomic E-state index is 0.753. The van der Waals surface area contributed by atoms with Crippen LogP contribution in [0.3, 0.4) is 0 Å². The molecule has 25 atom stereocenters. The fourth-order valence-corrected chi connectivity index (χ4v) is 7.24. The van der Waals surface area contributed by atoms with E-state index in [1.165, 1.54) is 20.8 Å². The van der Waals surface area contributed by atoms with Gasteiger partial charge in [-0.15, -0.1) is 0 Å². The predicted molar refractivity (Wildman–Crippen MR) is 174 cm³/mol. The SMILES string of the molecule is CC(=O)N[C@@H]1[C@@H](O[C@H]2O[C@H](C(=O)O)[C@H](O)[C@H](O)[C@H]2O[C@@H]2O[C@@H](C)[C@H](O)[C@@H](O)[C@H]2O[C@@H]2O[C@@H](C)[C@H](O[C@H]3O[C@@H](C)[C@H](O)[C@@H](O)[C@H]3O)[C@@H](O)[C@H]2O)[C@@H](O)[C@@H](CO)O[C@@H]1O. The van der Waals surface area contributed by atoms with E-state index in [0.717, 1.165) is 6.92 Å². The Hall–Kier alpha value is -1.90. The van der Waals surface area contributed by atoms with Gasteiger partial charge in [0.1, 0.15) is 97.6 Å². The maximum atomic E-state index is 12.0. The normalized spacial score (nSPS) is 52.2. The van der Waals surface area contributed by atoms with E-state index >= 15 is 0 Å². The zero-order valence-electron chi connectivity index (χ0n) is 30.9. The minimum atomic E-state index is -2.24. The number of nitrogens with one attached hydrogen (secondary N) is 1. The van der Waals surface area contributed by atoms with Crippen LogP contribution >= 0.6 is 0 Å². The Morgan fingerprint density at radius 1 is 0.509 bits per heavy atom. The highest BCUT2D eigenvalue weighted by Crippen LogP contribution is 2.36. The Balaban J connectivity index is 1.39. The monoisotopic (exact) mass is 835 g/mol. The summed E-state index contributed by atoms with van der Waals surface area (Å²) in [7, 11) is 0. The largest absolute Gasteiger partial charge is 0.479 e. The number of aliphatic hydroxyl groups is 12. The van der Waals surface area contributed by atoms with Crippen molar-refractivity contribution in [3.8, 4) is 0 Å². The lowest BCUT2D eigenvalue weighted by atomic mass is 9.95. The third kappa shape index (κ3) is 9.54. The van der Waals surface area contributed by atoms with Crippen molar-refractivity contribution in [3.63, 3.8) is 0 Å². The van der Waals surface area contributed by atoms with Crippen molar-refractivity contribution in [2.45, 2.75) is 181 Å². The van der Waals surface area contributed by atoms with Crippen LogP contribution in [-0.2, 0) is 52.2 Å². The molecule has 25 heteroatoms. The summed E-state index contributed by atoms with van der Waals surface area (Å²) < 4.78 is 50.7. The minimum Gasteiger partial charge on any atom is -0.479 e. The van der Waals surface area contributed by atoms with E-state index in [0.29, 0.717) is 0 Å². The molecule has 25 nitrogen and oxygen atoms in total. The molecule has 0 aliphatic carbocycles. The zero-order chi connectivity index (χ0) is 42.4. The van der Waals surface area contributed by atoms with Crippen molar-refractivity contribution >= 4 is 11.9 Å². The third-order valence-corrected chi connectivity index (χ3v) is 10.6. The van der Waals surface area contributed by atoms with Crippen molar-refractivity contribution in [1.82, 2.24) is 5.32 Å². The van der Waals surface area contributed by atoms with Gasteiger partial charge in [0.15, 0.2) is 37.6 Å². The van der Waals surface area contributed by atoms with Gasteiger partial charge in [0.2, 0.25) is 5.91 Å². The number of hydrogen-bond donors (Lipinski definition) is 14. The van der Waals surface area contributed by atoms with Gasteiger partial charge in [0, 0.05) is 6.92 Å². The van der Waals surface area contributed by atoms with Crippen molar-refractivity contribution in [2.75, 3.05) is 6.61 Å². The number of carbonyl (C=O) groups is 2. The van der Waals surface area contributed by atoms with Crippen LogP contribution in [0.1, 0.15) is 27.7 Å². The lowest BCUT2D eigenvalue weighted by Crippen LogP contribution is -2.69. The standard InChI is InChI=1S/C32H53NO24/c1-6-12(36)15(39)20(44)29(49-6)53-22-8(3)51-30(21(45)19(22)43)56-25-16(40)13(37)7(2)50-31(25)57-26-18(42)17(41)24(27(46)47)55-32(26)54-23-11(33-9(4)35)28(48)52-10(5-34)14(23)38/h6-8,10-26,28-32,34,36-45,48H,5H2,1-4H3,(H,33,35)(H,46,47)/t6-,7-,8-,10+,11+,12-,13-,14-,15+,16+,17+,18-,19-,20+,21+,22-,23+,24-,25+,26+,28-,29+,30-,31-,32-/m0/s1. The molecule has 0 saturated carbocycles. The summed E-state index contributed by atoms with van der Waals surface area (Å²) in [6, 6.07) is -1.60. The van der Waals surface area contributed by atoms with Gasteiger partial charge in [0.05, 0.1) is 24.9 Å². The number of aliphatic carboxylic acids is 1. The highest BCUT2D eigenvalue weighted by atomic mass is 16.8. The van der Waals surface area contributed by atoms with Gasteiger partial charge < -0.3 is 114 Å². The first-order valence-electron chi connectivity index (χ1n) is 18.2. The number of aliphatic hydroxyl groups excluding tert-OH is 12. The van der Waals surface area contributed by atoms with Gasteiger partial charge in [-0.25, -0.2) is 4.79 Å².